The maximum Gasteiger partial charge on any atom is 0.0558 e. The first kappa shape index (κ1) is 14.2. The molecule has 0 fully saturated rings. The summed E-state index contributed by atoms with van der Waals surface area (Å²) in [5.74, 6) is 0. The van der Waals surface area contributed by atoms with Gasteiger partial charge in [0.1, 0.15) is 0 Å². The molecule has 0 aliphatic heterocycles. The van der Waals surface area contributed by atoms with E-state index in [-0.39, 0.29) is 6.61 Å². The van der Waals surface area contributed by atoms with Crippen molar-refractivity contribution in [1.29, 1.82) is 0 Å². The van der Waals surface area contributed by atoms with Crippen LogP contribution in [0.2, 0.25) is 0 Å². The number of hydrogen-bond acceptors (Lipinski definition) is 3. The van der Waals surface area contributed by atoms with Crippen LogP contribution in [-0.4, -0.2) is 42.9 Å². The van der Waals surface area contributed by atoms with E-state index in [0.717, 1.165) is 19.6 Å². The lowest BCUT2D eigenvalue weighted by Gasteiger charge is -2.28. The van der Waals surface area contributed by atoms with Crippen molar-refractivity contribution >= 4 is 0 Å². The smallest absolute Gasteiger partial charge is 0.0558 e. The molecule has 0 aliphatic rings. The molecule has 0 saturated carbocycles. The first-order valence-electron chi connectivity index (χ1n) is 6.15. The van der Waals surface area contributed by atoms with Crippen molar-refractivity contribution in [2.75, 3.05) is 26.9 Å². The van der Waals surface area contributed by atoms with Gasteiger partial charge in [-0.1, -0.05) is 30.3 Å². The Morgan fingerprint density at radius 1 is 1.29 bits per heavy atom. The molecule has 0 saturated heterocycles. The maximum absolute atomic E-state index is 9.12. The zero-order valence-corrected chi connectivity index (χ0v) is 10.8. The number of ether oxygens (including phenoxy) is 1. The van der Waals surface area contributed by atoms with Crippen LogP contribution in [0.4, 0.5) is 0 Å². The van der Waals surface area contributed by atoms with Crippen molar-refractivity contribution in [3.8, 4) is 0 Å². The van der Waals surface area contributed by atoms with Gasteiger partial charge in [-0.3, -0.25) is 4.90 Å². The minimum Gasteiger partial charge on any atom is -0.395 e. The minimum absolute atomic E-state index is 0.199. The number of rotatable bonds is 8. The Bertz CT molecular complexity index is 290. The summed E-state index contributed by atoms with van der Waals surface area (Å²) in [6.07, 6.45) is 0.989. The van der Waals surface area contributed by atoms with Crippen LogP contribution in [0.3, 0.4) is 0 Å². The molecule has 0 aromatic heterocycles. The van der Waals surface area contributed by atoms with E-state index in [0.29, 0.717) is 12.6 Å². The molecule has 0 spiro atoms. The van der Waals surface area contributed by atoms with Crippen LogP contribution >= 0.6 is 0 Å². The molecule has 1 aromatic carbocycles. The highest BCUT2D eigenvalue weighted by Crippen LogP contribution is 2.10. The second-order valence-corrected chi connectivity index (χ2v) is 4.31. The summed E-state index contributed by atoms with van der Waals surface area (Å²) in [6, 6.07) is 10.8. The molecular formula is C14H23NO2. The van der Waals surface area contributed by atoms with Crippen molar-refractivity contribution in [1.82, 2.24) is 4.90 Å². The Morgan fingerprint density at radius 2 is 2.00 bits per heavy atom. The first-order chi connectivity index (χ1) is 8.27. The van der Waals surface area contributed by atoms with Crippen molar-refractivity contribution in [3.05, 3.63) is 35.9 Å². The third-order valence-corrected chi connectivity index (χ3v) is 2.98. The number of methoxy groups -OCH3 is 1. The van der Waals surface area contributed by atoms with Crippen LogP contribution in [0.1, 0.15) is 18.9 Å². The number of nitrogens with zero attached hydrogens (tertiary/aromatic N) is 1. The van der Waals surface area contributed by atoms with E-state index in [1.54, 1.807) is 7.11 Å². The molecule has 17 heavy (non-hydrogen) atoms. The van der Waals surface area contributed by atoms with Crippen LogP contribution in [0.15, 0.2) is 30.3 Å². The van der Waals surface area contributed by atoms with Gasteiger partial charge in [-0.05, 0) is 18.9 Å². The van der Waals surface area contributed by atoms with Gasteiger partial charge in [0.05, 0.1) is 6.61 Å². The Morgan fingerprint density at radius 3 is 2.59 bits per heavy atom. The zero-order chi connectivity index (χ0) is 12.5. The lowest BCUT2D eigenvalue weighted by atomic mass is 10.1. The molecule has 0 amide bonds. The molecule has 0 bridgehead atoms. The van der Waals surface area contributed by atoms with Gasteiger partial charge in [0, 0.05) is 32.8 Å². The first-order valence-corrected chi connectivity index (χ1v) is 6.15. The van der Waals surface area contributed by atoms with E-state index >= 15 is 0 Å². The summed E-state index contributed by atoms with van der Waals surface area (Å²) >= 11 is 0. The van der Waals surface area contributed by atoms with Crippen LogP contribution in [0.25, 0.3) is 0 Å². The fraction of sp³-hybridized carbons (Fsp3) is 0.571. The fourth-order valence-electron chi connectivity index (χ4n) is 1.87. The fourth-order valence-corrected chi connectivity index (χ4v) is 1.87. The number of aliphatic hydroxyl groups excluding tert-OH is 1. The third-order valence-electron chi connectivity index (χ3n) is 2.98. The monoisotopic (exact) mass is 237 g/mol. The molecule has 3 heteroatoms. The standard InChI is InChI=1S/C14H23NO2/c1-13(8-11-17-2)15(9-10-16)12-14-6-4-3-5-7-14/h3-7,13,16H,8-12H2,1-2H3. The van der Waals surface area contributed by atoms with Gasteiger partial charge in [0.2, 0.25) is 0 Å². The largest absolute Gasteiger partial charge is 0.395 e. The highest BCUT2D eigenvalue weighted by molar-refractivity contribution is 5.14. The highest BCUT2D eigenvalue weighted by Gasteiger charge is 2.13. The van der Waals surface area contributed by atoms with Gasteiger partial charge < -0.3 is 9.84 Å². The van der Waals surface area contributed by atoms with Gasteiger partial charge >= 0.3 is 0 Å². The van der Waals surface area contributed by atoms with Gasteiger partial charge in [-0.2, -0.15) is 0 Å². The molecule has 0 heterocycles. The Hall–Kier alpha value is -0.900. The normalized spacial score (nSPS) is 12.9. The quantitative estimate of drug-likeness (QED) is 0.749. The van der Waals surface area contributed by atoms with Gasteiger partial charge in [0.15, 0.2) is 0 Å². The van der Waals surface area contributed by atoms with Crippen LogP contribution in [0.5, 0.6) is 0 Å². The van der Waals surface area contributed by atoms with E-state index in [2.05, 4.69) is 24.0 Å². The molecule has 0 radical (unpaired) electrons. The Labute approximate surface area is 104 Å². The van der Waals surface area contributed by atoms with Gasteiger partial charge in [0.25, 0.3) is 0 Å². The second-order valence-electron chi connectivity index (χ2n) is 4.31. The van der Waals surface area contributed by atoms with E-state index in [1.807, 2.05) is 18.2 Å². The molecule has 1 atom stereocenters. The summed E-state index contributed by atoms with van der Waals surface area (Å²) in [5.41, 5.74) is 1.28. The number of hydrogen-bond donors (Lipinski definition) is 1. The van der Waals surface area contributed by atoms with Crippen molar-refractivity contribution < 1.29 is 9.84 Å². The van der Waals surface area contributed by atoms with E-state index in [9.17, 15) is 0 Å². The van der Waals surface area contributed by atoms with Crippen LogP contribution in [-0.2, 0) is 11.3 Å². The molecule has 1 N–H and O–H groups in total. The summed E-state index contributed by atoms with van der Waals surface area (Å²) < 4.78 is 5.10. The number of aliphatic hydroxyl groups is 1. The molecule has 96 valence electrons. The molecular weight excluding hydrogens is 214 g/mol. The molecule has 1 rings (SSSR count). The van der Waals surface area contributed by atoms with Crippen molar-refractivity contribution in [2.45, 2.75) is 25.9 Å². The van der Waals surface area contributed by atoms with Crippen LogP contribution < -0.4 is 0 Å². The molecule has 0 aliphatic carbocycles. The minimum atomic E-state index is 0.199. The molecule has 1 aromatic rings. The Kier molecular flexibility index (Phi) is 6.86. The van der Waals surface area contributed by atoms with E-state index in [1.165, 1.54) is 5.56 Å². The third kappa shape index (κ3) is 5.31. The summed E-state index contributed by atoms with van der Waals surface area (Å²) in [7, 11) is 1.72. The Balaban J connectivity index is 2.53. The summed E-state index contributed by atoms with van der Waals surface area (Å²) in [4.78, 5) is 2.29. The zero-order valence-electron chi connectivity index (χ0n) is 10.8. The summed E-state index contributed by atoms with van der Waals surface area (Å²) in [5, 5.41) is 9.12. The van der Waals surface area contributed by atoms with E-state index in [4.69, 9.17) is 9.84 Å². The maximum atomic E-state index is 9.12. The SMILES string of the molecule is COCCC(C)N(CCO)Cc1ccccc1. The average Bonchev–Trinajstić information content (AvgIpc) is 2.36. The highest BCUT2D eigenvalue weighted by atomic mass is 16.5. The van der Waals surface area contributed by atoms with Crippen LogP contribution in [0, 0.1) is 0 Å². The van der Waals surface area contributed by atoms with Crippen molar-refractivity contribution in [2.24, 2.45) is 0 Å². The topological polar surface area (TPSA) is 32.7 Å². The number of benzene rings is 1. The predicted octanol–water partition coefficient (Wildman–Crippen LogP) is 1.91. The molecule has 3 nitrogen and oxygen atoms in total. The summed E-state index contributed by atoms with van der Waals surface area (Å²) in [6.45, 7) is 4.73. The predicted molar refractivity (Wildman–Crippen MR) is 69.9 cm³/mol. The van der Waals surface area contributed by atoms with Crippen molar-refractivity contribution in [3.63, 3.8) is 0 Å². The second kappa shape index (κ2) is 8.23. The van der Waals surface area contributed by atoms with Gasteiger partial charge in [-0.15, -0.1) is 0 Å². The average molecular weight is 237 g/mol. The molecule has 1 unspecified atom stereocenters. The lowest BCUT2D eigenvalue weighted by Crippen LogP contribution is -2.35. The van der Waals surface area contributed by atoms with Gasteiger partial charge in [-0.25, -0.2) is 0 Å². The van der Waals surface area contributed by atoms with E-state index < -0.39 is 0 Å². The lowest BCUT2D eigenvalue weighted by molar-refractivity contribution is 0.114.